The summed E-state index contributed by atoms with van der Waals surface area (Å²) >= 11 is 5.17. The van der Waals surface area contributed by atoms with Gasteiger partial charge in [-0.2, -0.15) is 0 Å². The molecule has 0 radical (unpaired) electrons. The van der Waals surface area contributed by atoms with Gasteiger partial charge in [-0.25, -0.2) is 0 Å². The fraction of sp³-hybridized carbons (Fsp3) is 0.269. The number of thiophene rings is 1. The minimum atomic E-state index is -0.127. The molecular weight excluding hydrogens is 484 g/mol. The predicted molar refractivity (Wildman–Crippen MR) is 133 cm³/mol. The average molecular weight is 507 g/mol. The summed E-state index contributed by atoms with van der Waals surface area (Å²) in [6, 6.07) is 15.6. The van der Waals surface area contributed by atoms with Gasteiger partial charge in [0, 0.05) is 26.0 Å². The van der Waals surface area contributed by atoms with Crippen LogP contribution >= 0.6 is 27.3 Å². The molecule has 0 unspecified atom stereocenters. The molecule has 0 fully saturated rings. The highest BCUT2D eigenvalue weighted by atomic mass is 79.9. The van der Waals surface area contributed by atoms with Crippen LogP contribution in [0, 0.1) is 6.92 Å². The third-order valence-corrected chi connectivity index (χ3v) is 7.94. The Morgan fingerprint density at radius 1 is 1.06 bits per heavy atom. The minimum Gasteiger partial charge on any atom is -0.294 e. The van der Waals surface area contributed by atoms with Gasteiger partial charge >= 0.3 is 0 Å². The quantitative estimate of drug-likeness (QED) is 0.422. The average Bonchev–Trinajstić information content (AvgIpc) is 3.12. The van der Waals surface area contributed by atoms with Gasteiger partial charge in [-0.05, 0) is 50.3 Å². The monoisotopic (exact) mass is 506 g/mol. The molecule has 32 heavy (non-hydrogen) atoms. The molecular formula is C26H23BrN2O2S. The molecule has 5 rings (SSSR count). The fourth-order valence-electron chi connectivity index (χ4n) is 4.39. The van der Waals surface area contributed by atoms with E-state index in [2.05, 4.69) is 15.9 Å². The first-order valence-corrected chi connectivity index (χ1v) is 12.5. The van der Waals surface area contributed by atoms with Gasteiger partial charge in [-0.15, -0.1) is 11.3 Å². The molecule has 1 aliphatic carbocycles. The van der Waals surface area contributed by atoms with Crippen molar-refractivity contribution in [1.29, 1.82) is 0 Å². The molecule has 162 valence electrons. The fourth-order valence-corrected chi connectivity index (χ4v) is 6.06. The molecule has 2 aliphatic rings. The Labute approximate surface area is 200 Å². The van der Waals surface area contributed by atoms with Gasteiger partial charge in [0.25, 0.3) is 0 Å². The molecule has 2 aromatic carbocycles. The van der Waals surface area contributed by atoms with Crippen LogP contribution in [0.15, 0.2) is 58.0 Å². The summed E-state index contributed by atoms with van der Waals surface area (Å²) in [7, 11) is 0. The van der Waals surface area contributed by atoms with Gasteiger partial charge in [0.05, 0.1) is 12.3 Å². The highest BCUT2D eigenvalue weighted by Crippen LogP contribution is 2.42. The molecule has 0 bridgehead atoms. The third kappa shape index (κ3) is 3.97. The number of ketones is 1. The molecule has 0 spiro atoms. The number of amides is 1. The summed E-state index contributed by atoms with van der Waals surface area (Å²) in [5.74, 6) is -0.180. The van der Waals surface area contributed by atoms with Crippen LogP contribution in [-0.4, -0.2) is 30.5 Å². The summed E-state index contributed by atoms with van der Waals surface area (Å²) in [6.45, 7) is 2.08. The second kappa shape index (κ2) is 8.75. The van der Waals surface area contributed by atoms with Crippen LogP contribution in [0.1, 0.15) is 50.3 Å². The van der Waals surface area contributed by atoms with Gasteiger partial charge in [0.2, 0.25) is 5.91 Å². The summed E-state index contributed by atoms with van der Waals surface area (Å²) in [5, 5.41) is 0.876. The maximum atomic E-state index is 13.2. The summed E-state index contributed by atoms with van der Waals surface area (Å²) in [5.41, 5.74) is 5.96. The Morgan fingerprint density at radius 2 is 1.78 bits per heavy atom. The van der Waals surface area contributed by atoms with Crippen LogP contribution < -0.4 is 4.90 Å². The number of benzene rings is 2. The van der Waals surface area contributed by atoms with Crippen molar-refractivity contribution in [3.8, 4) is 0 Å². The molecule has 0 saturated carbocycles. The van der Waals surface area contributed by atoms with Crippen molar-refractivity contribution in [3.63, 3.8) is 0 Å². The van der Waals surface area contributed by atoms with Crippen molar-refractivity contribution in [2.24, 2.45) is 4.99 Å². The second-order valence-electron chi connectivity index (χ2n) is 8.33. The van der Waals surface area contributed by atoms with Crippen LogP contribution in [0.4, 0.5) is 5.00 Å². The van der Waals surface area contributed by atoms with Gasteiger partial charge in [0.15, 0.2) is 5.78 Å². The van der Waals surface area contributed by atoms with Crippen molar-refractivity contribution in [2.75, 3.05) is 18.0 Å². The standard InChI is InChI=1S/C26H23BrN2O2S/c1-16-6-8-17(9-7-16)21(30)15-29-23(31)14-28-25(18-10-12-19(27)13-11-18)24-20-4-2-3-5-22(20)32-26(24)29/h6-13H,2-5,14-15H2,1H3. The molecule has 0 atom stereocenters. The molecule has 1 aromatic heterocycles. The summed E-state index contributed by atoms with van der Waals surface area (Å²) in [6.07, 6.45) is 4.31. The Kier molecular flexibility index (Phi) is 5.82. The zero-order valence-electron chi connectivity index (χ0n) is 17.9. The number of hydrogen-bond donors (Lipinski definition) is 0. The van der Waals surface area contributed by atoms with E-state index in [-0.39, 0.29) is 24.8 Å². The molecule has 1 amide bonds. The Morgan fingerprint density at radius 3 is 2.53 bits per heavy atom. The lowest BCUT2D eigenvalue weighted by atomic mass is 9.91. The van der Waals surface area contributed by atoms with E-state index in [1.165, 1.54) is 10.4 Å². The number of aliphatic imine (C=N–C) groups is 1. The number of Topliss-reactive ketones (excluding diaryl/α,β-unsaturated/α-hetero) is 1. The van der Waals surface area contributed by atoms with Gasteiger partial charge in [0.1, 0.15) is 11.5 Å². The zero-order valence-corrected chi connectivity index (χ0v) is 20.3. The normalized spacial score (nSPS) is 15.6. The molecule has 4 nitrogen and oxygen atoms in total. The predicted octanol–water partition coefficient (Wildman–Crippen LogP) is 5.76. The topological polar surface area (TPSA) is 49.7 Å². The molecule has 1 aliphatic heterocycles. The second-order valence-corrected chi connectivity index (χ2v) is 10.3. The van der Waals surface area contributed by atoms with Gasteiger partial charge in [-0.1, -0.05) is 57.9 Å². The van der Waals surface area contributed by atoms with Crippen molar-refractivity contribution in [1.82, 2.24) is 0 Å². The molecule has 3 aromatic rings. The third-order valence-electron chi connectivity index (χ3n) is 6.10. The number of hydrogen-bond acceptors (Lipinski definition) is 4. The largest absolute Gasteiger partial charge is 0.294 e. The van der Waals surface area contributed by atoms with Crippen LogP contribution in [0.3, 0.4) is 0 Å². The first-order valence-electron chi connectivity index (χ1n) is 10.9. The first kappa shape index (κ1) is 21.3. The van der Waals surface area contributed by atoms with Crippen LogP contribution in [0.5, 0.6) is 0 Å². The van der Waals surface area contributed by atoms with Gasteiger partial charge in [-0.3, -0.25) is 19.5 Å². The molecule has 0 saturated heterocycles. The lowest BCUT2D eigenvalue weighted by Crippen LogP contribution is -2.36. The number of halogens is 1. The Balaban J connectivity index is 1.59. The minimum absolute atomic E-state index is 0.0391. The number of anilines is 1. The number of fused-ring (bicyclic) bond motifs is 3. The van der Waals surface area contributed by atoms with Crippen molar-refractivity contribution >= 4 is 49.7 Å². The highest BCUT2D eigenvalue weighted by Gasteiger charge is 2.33. The summed E-state index contributed by atoms with van der Waals surface area (Å²) in [4.78, 5) is 34.1. The maximum absolute atomic E-state index is 13.2. The van der Waals surface area contributed by atoms with Crippen LogP contribution in [-0.2, 0) is 17.6 Å². The van der Waals surface area contributed by atoms with E-state index in [0.29, 0.717) is 5.56 Å². The molecule has 2 heterocycles. The number of nitrogens with zero attached hydrogens (tertiary/aromatic N) is 2. The van der Waals surface area contributed by atoms with E-state index in [9.17, 15) is 9.59 Å². The van der Waals surface area contributed by atoms with Crippen molar-refractivity contribution in [3.05, 3.63) is 85.7 Å². The smallest absolute Gasteiger partial charge is 0.249 e. The Bertz CT molecular complexity index is 1230. The summed E-state index contributed by atoms with van der Waals surface area (Å²) < 4.78 is 1.00. The zero-order chi connectivity index (χ0) is 22.2. The van der Waals surface area contributed by atoms with Crippen molar-refractivity contribution < 1.29 is 9.59 Å². The number of carbonyl (C=O) groups is 2. The molecule has 6 heteroatoms. The first-order chi connectivity index (χ1) is 15.5. The lowest BCUT2D eigenvalue weighted by Gasteiger charge is -2.20. The van der Waals surface area contributed by atoms with Crippen molar-refractivity contribution in [2.45, 2.75) is 32.6 Å². The number of rotatable bonds is 4. The van der Waals surface area contributed by atoms with Gasteiger partial charge < -0.3 is 0 Å². The van der Waals surface area contributed by atoms with E-state index < -0.39 is 0 Å². The SMILES string of the molecule is Cc1ccc(C(=O)CN2C(=O)CN=C(c3ccc(Br)cc3)c3c2sc2c3CCCC2)cc1. The maximum Gasteiger partial charge on any atom is 0.249 e. The number of aryl methyl sites for hydroxylation is 2. The molecule has 0 N–H and O–H groups in total. The van der Waals surface area contributed by atoms with E-state index in [1.54, 1.807) is 16.2 Å². The highest BCUT2D eigenvalue weighted by molar-refractivity contribution is 9.10. The van der Waals surface area contributed by atoms with E-state index >= 15 is 0 Å². The van der Waals surface area contributed by atoms with E-state index in [1.807, 2.05) is 55.5 Å². The van der Waals surface area contributed by atoms with E-state index in [4.69, 9.17) is 4.99 Å². The number of carbonyl (C=O) groups excluding carboxylic acids is 2. The lowest BCUT2D eigenvalue weighted by molar-refractivity contribution is -0.117. The van der Waals surface area contributed by atoms with Crippen LogP contribution in [0.25, 0.3) is 0 Å². The van der Waals surface area contributed by atoms with Crippen LogP contribution in [0.2, 0.25) is 0 Å². The Hall–Kier alpha value is -2.57. The van der Waals surface area contributed by atoms with E-state index in [0.717, 1.165) is 57.6 Å².